The molecule has 0 spiro atoms. The molecule has 0 saturated heterocycles. The van der Waals surface area contributed by atoms with Gasteiger partial charge in [0.25, 0.3) is 5.96 Å². The van der Waals surface area contributed by atoms with Crippen LogP contribution in [0.1, 0.15) is 59.8 Å². The van der Waals surface area contributed by atoms with E-state index >= 15 is 0 Å². The fourth-order valence-electron chi connectivity index (χ4n) is 2.66. The van der Waals surface area contributed by atoms with Gasteiger partial charge < -0.3 is 26.4 Å². The number of rotatable bonds is 14. The van der Waals surface area contributed by atoms with E-state index in [0.29, 0.717) is 18.4 Å². The number of allylic oxidation sites excluding steroid dienone is 1. The number of hydrogen-bond donors (Lipinski definition) is 6. The van der Waals surface area contributed by atoms with E-state index in [1.54, 1.807) is 18.4 Å². The summed E-state index contributed by atoms with van der Waals surface area (Å²) in [5, 5.41) is 33.8. The van der Waals surface area contributed by atoms with Gasteiger partial charge in [-0.25, -0.2) is 15.1 Å². The van der Waals surface area contributed by atoms with Crippen molar-refractivity contribution in [2.24, 2.45) is 16.6 Å². The maximum atomic E-state index is 12.8. The molecular weight excluding hydrogens is 407 g/mol. The highest BCUT2D eigenvalue weighted by Crippen LogP contribution is 2.08. The molecule has 12 nitrogen and oxygen atoms in total. The first-order valence-corrected chi connectivity index (χ1v) is 10.3. The van der Waals surface area contributed by atoms with Gasteiger partial charge in [0.1, 0.15) is 6.04 Å². The van der Waals surface area contributed by atoms with Crippen LogP contribution in [0.25, 0.3) is 0 Å². The zero-order valence-electron chi connectivity index (χ0n) is 18.6. The molecule has 2 atom stereocenters. The van der Waals surface area contributed by atoms with Gasteiger partial charge >= 0.3 is 7.12 Å². The van der Waals surface area contributed by atoms with Crippen molar-refractivity contribution in [1.29, 1.82) is 0 Å². The number of nitrogens with zero attached hydrogens (tertiary/aromatic N) is 2. The molecule has 31 heavy (non-hydrogen) atoms. The van der Waals surface area contributed by atoms with Crippen molar-refractivity contribution in [3.63, 3.8) is 0 Å². The predicted molar refractivity (Wildman–Crippen MR) is 118 cm³/mol. The highest BCUT2D eigenvalue weighted by molar-refractivity contribution is 6.43. The van der Waals surface area contributed by atoms with E-state index in [1.807, 2.05) is 20.8 Å². The van der Waals surface area contributed by atoms with Crippen LogP contribution in [0.5, 0.6) is 0 Å². The van der Waals surface area contributed by atoms with Crippen LogP contribution in [0.2, 0.25) is 0 Å². The summed E-state index contributed by atoms with van der Waals surface area (Å²) in [6, 6.07) is -0.953. The van der Waals surface area contributed by atoms with Crippen LogP contribution in [0.4, 0.5) is 0 Å². The van der Waals surface area contributed by atoms with Gasteiger partial charge in [0.2, 0.25) is 11.8 Å². The highest BCUT2D eigenvalue weighted by atomic mass is 16.7. The molecule has 0 aliphatic rings. The Bertz CT molecular complexity index is 655. The Kier molecular flexibility index (Phi) is 13.9. The molecule has 0 aromatic heterocycles. The van der Waals surface area contributed by atoms with Crippen LogP contribution in [-0.2, 0) is 9.59 Å². The average Bonchev–Trinajstić information content (AvgIpc) is 2.66. The van der Waals surface area contributed by atoms with Gasteiger partial charge in [-0.3, -0.25) is 9.59 Å². The Hall–Kier alpha value is -2.67. The Balaban J connectivity index is 5.21. The van der Waals surface area contributed by atoms with Gasteiger partial charge in [-0.15, -0.1) is 0 Å². The fraction of sp³-hybridized carbons (Fsp3) is 0.722. The number of nitro groups is 1. The number of carbonyl (C=O) groups excluding carboxylic acids is 2. The third kappa shape index (κ3) is 13.3. The lowest BCUT2D eigenvalue weighted by Crippen LogP contribution is -2.54. The Labute approximate surface area is 183 Å². The number of guanidine groups is 1. The van der Waals surface area contributed by atoms with Gasteiger partial charge in [-0.2, -0.15) is 0 Å². The van der Waals surface area contributed by atoms with Crippen LogP contribution >= 0.6 is 0 Å². The minimum absolute atomic E-state index is 0.0923. The van der Waals surface area contributed by atoms with Crippen molar-refractivity contribution in [3.8, 4) is 0 Å². The summed E-state index contributed by atoms with van der Waals surface area (Å²) in [7, 11) is -1.74. The molecular formula is C18H35BN6O6. The predicted octanol–water partition coefficient (Wildman–Crippen LogP) is -0.363. The molecule has 0 bridgehead atoms. The van der Waals surface area contributed by atoms with E-state index < -0.39 is 35.9 Å². The number of hydrazine groups is 1. The molecule has 0 aliphatic carbocycles. The smallest absolute Gasteiger partial charge is 0.426 e. The van der Waals surface area contributed by atoms with Crippen molar-refractivity contribution < 1.29 is 24.7 Å². The van der Waals surface area contributed by atoms with Crippen LogP contribution in [0.3, 0.4) is 0 Å². The first kappa shape index (κ1) is 28.3. The number of amides is 2. The summed E-state index contributed by atoms with van der Waals surface area (Å²) in [4.78, 5) is 39.3. The summed E-state index contributed by atoms with van der Waals surface area (Å²) in [6.07, 6.45) is 4.18. The standard InChI is InChI=1S/C18H35BN6O6/c1-5-6-8-13(4)16(26)22-14(9-7-10-21-18(20)24-25(30)31)17(27)23-15(19(28)29)11-12(2)3/h8,12,14-15,28-29H,5-7,9-11H2,1-4H3,(H,22,26)(H,23,27)(H3,20,21,24)/t14-,15-/m0/s1. The molecule has 0 fully saturated rings. The lowest BCUT2D eigenvalue weighted by Gasteiger charge is -2.24. The molecule has 0 saturated carbocycles. The van der Waals surface area contributed by atoms with Crippen molar-refractivity contribution in [1.82, 2.24) is 16.1 Å². The first-order chi connectivity index (χ1) is 14.5. The normalized spacial score (nSPS) is 14.0. The molecule has 176 valence electrons. The second-order valence-electron chi connectivity index (χ2n) is 7.64. The quantitative estimate of drug-likeness (QED) is 0.0399. The molecule has 7 N–H and O–H groups in total. The van der Waals surface area contributed by atoms with Gasteiger partial charge in [-0.1, -0.05) is 38.7 Å². The molecule has 2 amide bonds. The third-order valence-electron chi connectivity index (χ3n) is 4.27. The maximum absolute atomic E-state index is 12.8. The Morgan fingerprint density at radius 1 is 1.29 bits per heavy atom. The van der Waals surface area contributed by atoms with Crippen molar-refractivity contribution in [2.75, 3.05) is 6.54 Å². The molecule has 0 radical (unpaired) electrons. The highest BCUT2D eigenvalue weighted by Gasteiger charge is 2.29. The lowest BCUT2D eigenvalue weighted by molar-refractivity contribution is -0.525. The Morgan fingerprint density at radius 3 is 2.45 bits per heavy atom. The van der Waals surface area contributed by atoms with Crippen LogP contribution in [-0.4, -0.2) is 58.5 Å². The lowest BCUT2D eigenvalue weighted by atomic mass is 9.75. The molecule has 0 aromatic rings. The van der Waals surface area contributed by atoms with Gasteiger partial charge in [-0.05, 0) is 38.5 Å². The van der Waals surface area contributed by atoms with Crippen molar-refractivity contribution in [3.05, 3.63) is 21.8 Å². The second-order valence-corrected chi connectivity index (χ2v) is 7.64. The number of hydrogen-bond acceptors (Lipinski definition) is 7. The molecule has 0 rings (SSSR count). The van der Waals surface area contributed by atoms with Crippen LogP contribution in [0, 0.1) is 16.0 Å². The van der Waals surface area contributed by atoms with E-state index in [-0.39, 0.29) is 24.8 Å². The summed E-state index contributed by atoms with van der Waals surface area (Å²) in [5.41, 5.74) is 7.53. The molecule has 13 heteroatoms. The van der Waals surface area contributed by atoms with Crippen LogP contribution in [0.15, 0.2) is 16.6 Å². The number of nitrogens with one attached hydrogen (secondary N) is 3. The second kappa shape index (κ2) is 15.2. The number of carbonyl (C=O) groups is 2. The molecule has 0 aromatic carbocycles. The molecule has 0 heterocycles. The summed E-state index contributed by atoms with van der Waals surface area (Å²) >= 11 is 0. The van der Waals surface area contributed by atoms with Gasteiger partial charge in [0.15, 0.2) is 5.03 Å². The number of nitrogens with two attached hydrogens (primary N) is 1. The summed E-state index contributed by atoms with van der Waals surface area (Å²) in [5.74, 6) is -2.12. The van der Waals surface area contributed by atoms with Crippen molar-refractivity contribution >= 4 is 24.9 Å². The third-order valence-corrected chi connectivity index (χ3v) is 4.27. The largest absolute Gasteiger partial charge is 0.475 e. The van der Waals surface area contributed by atoms with Crippen molar-refractivity contribution in [2.45, 2.75) is 71.8 Å². The molecule has 0 unspecified atom stereocenters. The topological polar surface area (TPSA) is 192 Å². The average molecular weight is 442 g/mol. The zero-order chi connectivity index (χ0) is 24.0. The maximum Gasteiger partial charge on any atom is 0.475 e. The SMILES string of the molecule is CCCC=C(C)C(=O)N[C@@H](CCCN=C(N)N[N+](=O)[O-])C(=O)N[C@@H](CC(C)C)B(O)O. The van der Waals surface area contributed by atoms with Gasteiger partial charge in [0.05, 0.1) is 5.94 Å². The van der Waals surface area contributed by atoms with Gasteiger partial charge in [0, 0.05) is 12.1 Å². The zero-order valence-corrected chi connectivity index (χ0v) is 18.6. The first-order valence-electron chi connectivity index (χ1n) is 10.3. The minimum atomic E-state index is -1.74. The summed E-state index contributed by atoms with van der Waals surface area (Å²) in [6.45, 7) is 7.48. The fourth-order valence-corrected chi connectivity index (χ4v) is 2.66. The van der Waals surface area contributed by atoms with E-state index in [4.69, 9.17) is 5.73 Å². The monoisotopic (exact) mass is 442 g/mol. The Morgan fingerprint density at radius 2 is 1.94 bits per heavy atom. The van der Waals surface area contributed by atoms with E-state index in [2.05, 4.69) is 15.6 Å². The number of unbranched alkanes of at least 4 members (excludes halogenated alkanes) is 1. The molecule has 0 aliphatic heterocycles. The van der Waals surface area contributed by atoms with Crippen LogP contribution < -0.4 is 21.8 Å². The number of aliphatic imine (C=N–C) groups is 1. The van der Waals surface area contributed by atoms with E-state index in [9.17, 15) is 29.8 Å². The minimum Gasteiger partial charge on any atom is -0.426 e. The van der Waals surface area contributed by atoms with E-state index in [1.165, 1.54) is 0 Å². The summed E-state index contributed by atoms with van der Waals surface area (Å²) < 4.78 is 0. The van der Waals surface area contributed by atoms with E-state index in [0.717, 1.165) is 12.8 Å².